The summed E-state index contributed by atoms with van der Waals surface area (Å²) in [6.45, 7) is 2.69. The van der Waals surface area contributed by atoms with Gasteiger partial charge in [-0.25, -0.2) is 0 Å². The van der Waals surface area contributed by atoms with Crippen LogP contribution in [0.2, 0.25) is 0 Å². The maximum Gasteiger partial charge on any atom is 0.258 e. The van der Waals surface area contributed by atoms with Crippen molar-refractivity contribution >= 4 is 11.6 Å². The van der Waals surface area contributed by atoms with Crippen molar-refractivity contribution in [3.8, 4) is 0 Å². The zero-order valence-electron chi connectivity index (χ0n) is 17.9. The summed E-state index contributed by atoms with van der Waals surface area (Å²) in [4.78, 5) is 15.5. The van der Waals surface area contributed by atoms with Crippen LogP contribution in [-0.4, -0.2) is 15.7 Å². The summed E-state index contributed by atoms with van der Waals surface area (Å²) in [5.41, 5.74) is 7.84. The van der Waals surface area contributed by atoms with Crippen LogP contribution in [0.15, 0.2) is 48.7 Å². The van der Waals surface area contributed by atoms with E-state index in [0.29, 0.717) is 6.54 Å². The van der Waals surface area contributed by atoms with Crippen LogP contribution in [0.5, 0.6) is 0 Å². The summed E-state index contributed by atoms with van der Waals surface area (Å²) in [6, 6.07) is 14.5. The number of hydrogen-bond donors (Lipinski definition) is 0. The lowest BCUT2D eigenvalue weighted by Crippen LogP contribution is -2.30. The first-order valence-electron chi connectivity index (χ1n) is 11.1. The molecule has 2 aromatic carbocycles. The van der Waals surface area contributed by atoms with E-state index in [4.69, 9.17) is 0 Å². The largest absolute Gasteiger partial charge is 0.304 e. The molecule has 1 amide bonds. The second-order valence-electron chi connectivity index (χ2n) is 8.91. The number of nitrogens with zero attached hydrogens (tertiary/aromatic N) is 3. The maximum absolute atomic E-state index is 13.6. The van der Waals surface area contributed by atoms with Crippen molar-refractivity contribution in [3.05, 3.63) is 82.2 Å². The van der Waals surface area contributed by atoms with Crippen LogP contribution in [0.1, 0.15) is 64.0 Å². The topological polar surface area (TPSA) is 38.1 Å². The minimum atomic E-state index is 0.0618. The Labute approximate surface area is 178 Å². The molecule has 0 bridgehead atoms. The van der Waals surface area contributed by atoms with Gasteiger partial charge in [-0.05, 0) is 60.6 Å². The zero-order valence-corrected chi connectivity index (χ0v) is 17.9. The Hall–Kier alpha value is -2.88. The number of amides is 1. The van der Waals surface area contributed by atoms with Gasteiger partial charge in [-0.3, -0.25) is 9.48 Å². The summed E-state index contributed by atoms with van der Waals surface area (Å²) in [5.74, 6) is 1.04. The first kappa shape index (κ1) is 19.1. The highest BCUT2D eigenvalue weighted by Crippen LogP contribution is 2.34. The first-order valence-corrected chi connectivity index (χ1v) is 11.1. The maximum atomic E-state index is 13.6. The lowest BCUT2D eigenvalue weighted by atomic mass is 9.99. The number of aryl methyl sites for hydroxylation is 3. The fourth-order valence-corrected chi connectivity index (χ4v) is 4.66. The Morgan fingerprint density at radius 2 is 1.97 bits per heavy atom. The Kier molecular flexibility index (Phi) is 4.93. The minimum Gasteiger partial charge on any atom is -0.304 e. The van der Waals surface area contributed by atoms with Crippen molar-refractivity contribution < 1.29 is 4.79 Å². The Morgan fingerprint density at radius 3 is 2.77 bits per heavy atom. The summed E-state index contributed by atoms with van der Waals surface area (Å²) >= 11 is 0. The monoisotopic (exact) mass is 399 g/mol. The molecule has 30 heavy (non-hydrogen) atoms. The third-order valence-electron chi connectivity index (χ3n) is 6.71. The quantitative estimate of drug-likeness (QED) is 0.590. The second-order valence-corrected chi connectivity index (χ2v) is 8.91. The number of para-hydroxylation sites is 1. The van der Waals surface area contributed by atoms with Gasteiger partial charge in [0, 0.05) is 36.0 Å². The number of anilines is 1. The Bertz CT molecular complexity index is 1090. The van der Waals surface area contributed by atoms with Crippen LogP contribution in [0.3, 0.4) is 0 Å². The molecule has 0 radical (unpaired) electrons. The number of rotatable bonds is 5. The molecule has 4 heteroatoms. The lowest BCUT2D eigenvalue weighted by molar-refractivity contribution is 0.0985. The van der Waals surface area contributed by atoms with Gasteiger partial charge in [-0.1, -0.05) is 43.5 Å². The predicted octanol–water partition coefficient (Wildman–Crippen LogP) is 5.21. The van der Waals surface area contributed by atoms with Crippen LogP contribution >= 0.6 is 0 Å². The van der Waals surface area contributed by atoms with Gasteiger partial charge in [0.2, 0.25) is 0 Å². The number of benzene rings is 2. The van der Waals surface area contributed by atoms with E-state index in [-0.39, 0.29) is 5.91 Å². The zero-order chi connectivity index (χ0) is 20.7. The van der Waals surface area contributed by atoms with Gasteiger partial charge in [0.05, 0.1) is 12.7 Å². The van der Waals surface area contributed by atoms with E-state index >= 15 is 0 Å². The molecule has 4 nitrogen and oxygen atoms in total. The van der Waals surface area contributed by atoms with E-state index in [1.807, 2.05) is 41.0 Å². The van der Waals surface area contributed by atoms with Gasteiger partial charge >= 0.3 is 0 Å². The minimum absolute atomic E-state index is 0.0618. The number of fused-ring (bicyclic) bond motifs is 2. The van der Waals surface area contributed by atoms with Crippen LogP contribution in [-0.2, 0) is 26.4 Å². The third kappa shape index (κ3) is 3.67. The highest BCUT2D eigenvalue weighted by Gasteiger charge is 2.27. The molecule has 2 aliphatic rings. The SMILES string of the molecule is Cc1cc(C(=O)N2Cc3cnn(C)c3Cc3ccccc32)ccc1CCCC1CC1. The standard InChI is InChI=1S/C26H29N3O/c1-18-14-22(13-12-20(18)8-5-6-19-10-11-19)26(30)29-17-23-16-27-28(2)25(23)15-21-7-3-4-9-24(21)29/h3-4,7,9,12-14,16,19H,5-6,8,10-11,15,17H2,1-2H3. The van der Waals surface area contributed by atoms with E-state index < -0.39 is 0 Å². The van der Waals surface area contributed by atoms with Gasteiger partial charge in [-0.15, -0.1) is 0 Å². The molecule has 1 aliphatic carbocycles. The second kappa shape index (κ2) is 7.75. The van der Waals surface area contributed by atoms with Gasteiger partial charge in [0.15, 0.2) is 0 Å². The number of carbonyl (C=O) groups is 1. The van der Waals surface area contributed by atoms with Crippen LogP contribution < -0.4 is 4.90 Å². The predicted molar refractivity (Wildman–Crippen MR) is 120 cm³/mol. The fraction of sp³-hybridized carbons (Fsp3) is 0.385. The third-order valence-corrected chi connectivity index (χ3v) is 6.71. The lowest BCUT2D eigenvalue weighted by Gasteiger charge is -2.23. The molecule has 5 rings (SSSR count). The molecule has 0 saturated heterocycles. The van der Waals surface area contributed by atoms with Gasteiger partial charge in [-0.2, -0.15) is 5.10 Å². The van der Waals surface area contributed by atoms with Crippen LogP contribution in [0.25, 0.3) is 0 Å². The molecular weight excluding hydrogens is 370 g/mol. The highest BCUT2D eigenvalue weighted by atomic mass is 16.2. The van der Waals surface area contributed by atoms with Crippen LogP contribution in [0.4, 0.5) is 5.69 Å². The average Bonchev–Trinajstić information content (AvgIpc) is 3.54. The Balaban J connectivity index is 1.42. The van der Waals surface area contributed by atoms with Crippen molar-refractivity contribution in [3.63, 3.8) is 0 Å². The molecule has 0 N–H and O–H groups in total. The molecule has 1 saturated carbocycles. The first-order chi connectivity index (χ1) is 14.6. The summed E-state index contributed by atoms with van der Waals surface area (Å²) in [6.07, 6.45) is 9.24. The number of hydrogen-bond acceptors (Lipinski definition) is 2. The molecule has 0 spiro atoms. The molecule has 1 fully saturated rings. The van der Waals surface area contributed by atoms with E-state index in [1.165, 1.54) is 48.1 Å². The fourth-order valence-electron chi connectivity index (χ4n) is 4.66. The molecule has 154 valence electrons. The molecular formula is C26H29N3O. The summed E-state index contributed by atoms with van der Waals surface area (Å²) in [7, 11) is 1.98. The molecule has 1 aromatic heterocycles. The molecule has 0 atom stereocenters. The van der Waals surface area contributed by atoms with Gasteiger partial charge < -0.3 is 4.90 Å². The number of aromatic nitrogens is 2. The van der Waals surface area contributed by atoms with Crippen molar-refractivity contribution in [2.75, 3.05) is 4.90 Å². The smallest absolute Gasteiger partial charge is 0.258 e. The molecule has 2 heterocycles. The van der Waals surface area contributed by atoms with E-state index in [0.717, 1.165) is 35.6 Å². The van der Waals surface area contributed by atoms with Gasteiger partial charge in [0.1, 0.15) is 0 Å². The molecule has 0 unspecified atom stereocenters. The highest BCUT2D eigenvalue weighted by molar-refractivity contribution is 6.06. The average molecular weight is 400 g/mol. The van der Waals surface area contributed by atoms with E-state index in [1.54, 1.807) is 0 Å². The summed E-state index contributed by atoms with van der Waals surface area (Å²) < 4.78 is 1.93. The van der Waals surface area contributed by atoms with Crippen molar-refractivity contribution in [1.82, 2.24) is 9.78 Å². The molecule has 3 aromatic rings. The molecule has 1 aliphatic heterocycles. The Morgan fingerprint density at radius 1 is 1.13 bits per heavy atom. The van der Waals surface area contributed by atoms with Crippen LogP contribution in [0, 0.1) is 12.8 Å². The number of carbonyl (C=O) groups excluding carboxylic acids is 1. The summed E-state index contributed by atoms with van der Waals surface area (Å²) in [5, 5.41) is 4.43. The van der Waals surface area contributed by atoms with E-state index in [2.05, 4.69) is 36.3 Å². The van der Waals surface area contributed by atoms with Crippen molar-refractivity contribution in [2.45, 2.75) is 52.0 Å². The van der Waals surface area contributed by atoms with Crippen molar-refractivity contribution in [1.29, 1.82) is 0 Å². The normalized spacial score (nSPS) is 15.5. The van der Waals surface area contributed by atoms with Crippen molar-refractivity contribution in [2.24, 2.45) is 13.0 Å². The van der Waals surface area contributed by atoms with E-state index in [9.17, 15) is 4.79 Å². The van der Waals surface area contributed by atoms with Gasteiger partial charge in [0.25, 0.3) is 5.91 Å².